The van der Waals surface area contributed by atoms with E-state index in [0.29, 0.717) is 67.8 Å². The van der Waals surface area contributed by atoms with Gasteiger partial charge in [0.1, 0.15) is 52.5 Å². The molecule has 7 aliphatic heterocycles. The van der Waals surface area contributed by atoms with E-state index in [2.05, 4.69) is 40.9 Å². The van der Waals surface area contributed by atoms with E-state index >= 15 is 0 Å². The summed E-state index contributed by atoms with van der Waals surface area (Å²) in [6, 6.07) is 6.48. The van der Waals surface area contributed by atoms with Gasteiger partial charge < -0.3 is 148 Å². The number of sulfone groups is 1. The second kappa shape index (κ2) is 50.8. The van der Waals surface area contributed by atoms with E-state index in [1.807, 2.05) is 80.5 Å². The van der Waals surface area contributed by atoms with Gasteiger partial charge in [0.15, 0.2) is 23.7 Å². The number of hydrogen-bond acceptors (Lipinski definition) is 38. The molecular weight excluding hydrogens is 2040 g/mol. The number of allylic oxidation sites excluding steroid dienone is 6. The number of imidazole rings is 1. The van der Waals surface area contributed by atoms with Gasteiger partial charge in [0.25, 0.3) is 19.3 Å². The summed E-state index contributed by atoms with van der Waals surface area (Å²) < 4.78 is 87.4. The number of phosphoric acid groups is 1. The number of fused-ring (bicyclic) bond motifs is 8. The number of carboxylic acid groups (broad SMARTS) is 2. The summed E-state index contributed by atoms with van der Waals surface area (Å²) >= 11 is 0. The molecule has 3 fully saturated rings. The fourth-order valence-corrected chi connectivity index (χ4v) is 20.3. The molecule has 3 saturated heterocycles. The van der Waals surface area contributed by atoms with E-state index in [9.17, 15) is 91.0 Å². The van der Waals surface area contributed by atoms with Crippen LogP contribution >= 0.6 is 7.82 Å². The first-order valence-electron chi connectivity index (χ1n) is 45.5. The maximum absolute atomic E-state index is 14.4. The Morgan fingerprint density at radius 3 is 1.84 bits per heavy atom. The predicted molar refractivity (Wildman–Crippen MR) is 521 cm³/mol. The number of hydrogen-bond donors (Lipinski definition) is 22. The zero-order valence-electron chi connectivity index (χ0n) is 82.7. The average molecular weight is 2170 g/mol. The normalized spacial score (nSPS) is 28.3. The van der Waals surface area contributed by atoms with Crippen LogP contribution in [0.1, 0.15) is 179 Å². The molecule has 30 N–H and O–H groups in total. The van der Waals surface area contributed by atoms with Crippen LogP contribution in [0.2, 0.25) is 0 Å². The number of ether oxygens (including phenoxy) is 2. The largest absolute Gasteiger partial charge is 3.00 e. The quantitative estimate of drug-likeness (QED) is 0.0131. The van der Waals surface area contributed by atoms with Crippen molar-refractivity contribution in [3.63, 3.8) is 0 Å². The standard InChI is InChI=1S/C62H90N13O14P.C19H19N7O6.C6H13NO5.C2H6O2S.CN.Co.H2O4S/c1-29-20-39-40(21-30(29)2)75(28-70-39)57-52(84)53(41(27-76)87-57)89-90(85,86)88-31(3)26-69-49(83)18-19-59(8)37(22-46(66)80)56-62(11)61(10,25-48(68)82)36(14-17-45(65)79)51(74-62)33(5)55-60(9,24-47(67)81)34(12-15-43(63)77)38(71-55)23-42-58(6,7)35(13-16-44(64)78)50(72-42)32(4)54(59)73-56;20-19-25-15-14(17(30)26-19)23-11(8-22-15)7-21-10-3-1-9(2-4-10)16(29)24-12(18(31)32)5-6-13(27)28;7-3-5(10)4(9)2(1-8)12-6(3)11;1-5(2,3)4;1-2;;1-5(2,3)4/h20-21,23,28,31,34-37,41,52-53,56-57,76,84H,12-19,22,24-27H2,1-11H3,(H15,63,64,65,66,67,68,69,71,72,73,74,77,78,79,80,81,82,83,85,86);1-4,8,12,21H,5-7H2,(H,24,29)(H,27,28)(H,31,32)(H3,20,22,25,26,30);2-6,8-11H,1,7H2;1-2H3;;;(H2,1,2,3,4)/q;;;;-1;+3;/p-2/t31-,34+,35+,36+,37-,41+,52+,53+,56+,57-,59+,60-,61-,62-;12-;2-,3-,4-,5-,6?;;;;/m001..../s1. The SMILES string of the molecule is C/C1=C2/[N-][C@H]([C@H](CC(N)=O)[C@@]2(C)CCC(=O)NC[C@H](C)OP(=O)([O-])O[C@H]2[C@@H](O)[C@@H](n3cnc4cc(C)c(C)cc43)O[C@@H]2CO)[C@]2(C)N=C(/C(C)=C3N=C(/C=C4N=C1[C@@H](CCC(N)=O)C\4(C)C)[C@@H](CCC(N)=O)[C@]\3(C)CC(N)=O)[C@@H](CCC(N)=O)[C@]2(C)CC(N)=O.CS(C)(=O)=O.N[C@H]1C(O)O[C@H](CO)[C@@H](O)[C@@H]1O.Nc1nc2ncc(CNc3ccc(C(=O)N[C@@H](CCC(=O)O)C(=O)O)cc3)nc2c(=O)[nH]1.O=S(=O)(O)O.[C-]#N.[Co+3]. The molecule has 0 aliphatic carbocycles. The van der Waals surface area contributed by atoms with Gasteiger partial charge in [0.05, 0.1) is 72.4 Å². The van der Waals surface area contributed by atoms with Crippen LogP contribution in [0.25, 0.3) is 27.5 Å². The van der Waals surface area contributed by atoms with Gasteiger partial charge in [0.2, 0.25) is 47.3 Å². The van der Waals surface area contributed by atoms with Crippen molar-refractivity contribution in [1.82, 2.24) is 40.1 Å². The van der Waals surface area contributed by atoms with E-state index in [0.717, 1.165) is 23.6 Å². The molecule has 3 aromatic heterocycles. The number of nitrogen functional groups attached to an aromatic ring is 1. The molecule has 8 amide bonds. The van der Waals surface area contributed by atoms with Crippen molar-refractivity contribution in [2.45, 2.75) is 245 Å². The molecule has 12 rings (SSSR count). The maximum atomic E-state index is 14.4. The molecule has 810 valence electrons. The molecule has 0 saturated carbocycles. The number of carboxylic acids is 2. The molecule has 2 unspecified atom stereocenters. The number of aliphatic carboxylic acids is 2. The number of nitrogens with two attached hydrogens (primary N) is 8. The third kappa shape index (κ3) is 31.1. The van der Waals surface area contributed by atoms with Gasteiger partial charge in [-0.15, -0.1) is 0 Å². The second-order valence-corrected chi connectivity index (χ2v) is 42.6. The number of carbonyl (C=O) groups is 10. The molecule has 21 atom stereocenters. The summed E-state index contributed by atoms with van der Waals surface area (Å²) in [6.45, 7) is 23.5. The number of rotatable bonds is 36. The molecule has 8 bridgehead atoms. The first-order chi connectivity index (χ1) is 67.6. The molecule has 2 aromatic carbocycles. The second-order valence-electron chi connectivity index (χ2n) is 38.1. The van der Waals surface area contributed by atoms with Gasteiger partial charge in [-0.3, -0.25) is 81.6 Å². The number of anilines is 2. The number of nitrogens with one attached hydrogen (secondary N) is 4. The summed E-state index contributed by atoms with van der Waals surface area (Å²) in [5.74, 6) is -10.6. The Bertz CT molecular complexity index is 6270. The van der Waals surface area contributed by atoms with E-state index in [-0.39, 0.29) is 136 Å². The monoisotopic (exact) mass is 2170 g/mol. The van der Waals surface area contributed by atoms with Gasteiger partial charge in [-0.2, -0.15) is 19.1 Å². The average Bonchev–Trinajstić information content (AvgIpc) is 1.52. The van der Waals surface area contributed by atoms with Gasteiger partial charge in [-0.05, 0) is 150 Å². The van der Waals surface area contributed by atoms with Crippen molar-refractivity contribution < 1.29 is 159 Å². The van der Waals surface area contributed by atoms with Crippen molar-refractivity contribution in [2.24, 2.45) is 100 Å². The molecule has 147 heavy (non-hydrogen) atoms. The Balaban J connectivity index is 0.000000467. The van der Waals surface area contributed by atoms with Crippen LogP contribution in [0.15, 0.2) is 103 Å². The number of carbonyl (C=O) groups excluding carboxylic acids is 8. The van der Waals surface area contributed by atoms with Gasteiger partial charge >= 0.3 is 39.1 Å². The number of aromatic amines is 1. The smallest absolute Gasteiger partial charge is 0.756 e. The van der Waals surface area contributed by atoms with Crippen molar-refractivity contribution >= 4 is 138 Å². The molecular formula is C90H128CoN22O31PS2. The van der Waals surface area contributed by atoms with E-state index < -0.39 is 230 Å². The number of aliphatic hydroxyl groups is 6. The first-order valence-corrected chi connectivity index (χ1v) is 50.7. The van der Waals surface area contributed by atoms with Crippen molar-refractivity contribution in [2.75, 3.05) is 43.3 Å². The van der Waals surface area contributed by atoms with E-state index in [1.165, 1.54) is 36.1 Å². The van der Waals surface area contributed by atoms with Crippen LogP contribution in [0, 0.1) is 71.0 Å². The maximum Gasteiger partial charge on any atom is 3.00 e. The summed E-state index contributed by atoms with van der Waals surface area (Å²) in [6.07, 6.45) is -6.48. The van der Waals surface area contributed by atoms with Crippen molar-refractivity contribution in [1.29, 1.82) is 5.26 Å². The van der Waals surface area contributed by atoms with E-state index in [4.69, 9.17) is 134 Å². The molecule has 0 spiro atoms. The number of aliphatic hydroxyl groups excluding tert-OH is 6. The van der Waals surface area contributed by atoms with Gasteiger partial charge in [0, 0.05) is 139 Å². The molecule has 5 aromatic rings. The third-order valence-corrected chi connectivity index (χ3v) is 27.9. The number of H-pyrrole nitrogens is 1. The molecule has 0 radical (unpaired) electrons. The summed E-state index contributed by atoms with van der Waals surface area (Å²) in [7, 11) is -12.7. The number of aliphatic imine (C=N–C) groups is 3. The Morgan fingerprint density at radius 2 is 1.29 bits per heavy atom. The fourth-order valence-electron chi connectivity index (χ4n) is 19.2. The topological polar surface area (TPSA) is 927 Å². The van der Waals surface area contributed by atoms with Crippen molar-refractivity contribution in [3.8, 4) is 0 Å². The van der Waals surface area contributed by atoms with Crippen LogP contribution in [-0.4, -0.2) is 278 Å². The Kier molecular flexibility index (Phi) is 42.8. The number of phosphoric ester groups is 1. The fraction of sp³-hybridized carbons (Fsp3) is 0.567. The van der Waals surface area contributed by atoms with Crippen LogP contribution in [-0.2, 0) is 110 Å². The zero-order chi connectivity index (χ0) is 110. The minimum atomic E-state index is -5.32. The first kappa shape index (κ1) is 124. The third-order valence-electron chi connectivity index (χ3n) is 26.8. The number of nitrogens with zero attached hydrogens (tertiary/aromatic N) is 10. The summed E-state index contributed by atoms with van der Waals surface area (Å²) in [5.41, 5.74) is 48.4. The minimum absolute atomic E-state index is 0. The minimum Gasteiger partial charge on any atom is -0.756 e. The summed E-state index contributed by atoms with van der Waals surface area (Å²) in [5, 5.41) is 95.6. The number of amides is 8. The van der Waals surface area contributed by atoms with Crippen LogP contribution in [0.4, 0.5) is 11.6 Å². The molecule has 53 nitrogen and oxygen atoms in total. The molecule has 57 heteroatoms. The Hall–Kier alpha value is -12.0. The number of primary amides is 6. The summed E-state index contributed by atoms with van der Waals surface area (Å²) in [4.78, 5) is 188. The van der Waals surface area contributed by atoms with Gasteiger partial charge in [-0.25, -0.2) is 28.2 Å². The van der Waals surface area contributed by atoms with Crippen LogP contribution in [0.5, 0.6) is 0 Å². The van der Waals surface area contributed by atoms with Crippen LogP contribution < -0.4 is 72.3 Å². The number of aromatic nitrogens is 6. The van der Waals surface area contributed by atoms with Crippen molar-refractivity contribution in [3.05, 3.63) is 128 Å². The van der Waals surface area contributed by atoms with Gasteiger partial charge in [-0.1, -0.05) is 40.7 Å². The Labute approximate surface area is 855 Å². The zero-order valence-corrected chi connectivity index (χ0v) is 86.3. The molecule has 7 aliphatic rings. The molecule has 10 heterocycles. The van der Waals surface area contributed by atoms with Crippen LogP contribution in [0.3, 0.4) is 0 Å². The predicted octanol–water partition coefficient (Wildman–Crippen LogP) is -0.883. The number of benzene rings is 2. The number of aryl methyl sites for hydroxylation is 2. The van der Waals surface area contributed by atoms with E-state index in [1.54, 1.807) is 19.1 Å². The Morgan fingerprint density at radius 1 is 0.728 bits per heavy atom.